The first-order valence-electron chi connectivity index (χ1n) is 9.64. The number of hydrogen-bond acceptors (Lipinski definition) is 3. The monoisotopic (exact) mass is 442 g/mol. The number of halogens is 4. The molecule has 0 aliphatic rings. The van der Waals surface area contributed by atoms with Crippen LogP contribution in [0.3, 0.4) is 0 Å². The van der Waals surface area contributed by atoms with E-state index in [0.717, 1.165) is 12.1 Å². The van der Waals surface area contributed by atoms with E-state index < -0.39 is 23.2 Å². The summed E-state index contributed by atoms with van der Waals surface area (Å²) in [5.41, 5.74) is 0.721. The second-order valence-electron chi connectivity index (χ2n) is 7.81. The van der Waals surface area contributed by atoms with Gasteiger partial charge in [0.15, 0.2) is 5.65 Å². The van der Waals surface area contributed by atoms with E-state index in [2.05, 4.69) is 15.3 Å². The summed E-state index contributed by atoms with van der Waals surface area (Å²) >= 11 is 0. The van der Waals surface area contributed by atoms with E-state index in [1.807, 2.05) is 0 Å². The van der Waals surface area contributed by atoms with Crippen molar-refractivity contribution in [2.45, 2.75) is 25.6 Å². The van der Waals surface area contributed by atoms with Gasteiger partial charge in [0.1, 0.15) is 11.5 Å². The van der Waals surface area contributed by atoms with E-state index >= 15 is 0 Å². The van der Waals surface area contributed by atoms with E-state index in [1.165, 1.54) is 42.9 Å². The van der Waals surface area contributed by atoms with E-state index in [4.69, 9.17) is 0 Å². The van der Waals surface area contributed by atoms with Gasteiger partial charge in [-0.2, -0.15) is 13.2 Å². The Morgan fingerprint density at radius 3 is 2.16 bits per heavy atom. The molecule has 0 saturated carbocycles. The van der Waals surface area contributed by atoms with Crippen molar-refractivity contribution < 1.29 is 22.4 Å². The molecule has 2 heterocycles. The van der Waals surface area contributed by atoms with Crippen LogP contribution in [0, 0.1) is 5.82 Å². The number of aromatic nitrogens is 3. The molecule has 0 unspecified atom stereocenters. The van der Waals surface area contributed by atoms with Crippen LogP contribution in [0.15, 0.2) is 67.1 Å². The molecule has 0 aliphatic carbocycles. The van der Waals surface area contributed by atoms with Gasteiger partial charge in [0.05, 0.1) is 29.2 Å². The fraction of sp³-hybridized carbons (Fsp3) is 0.174. The van der Waals surface area contributed by atoms with Crippen LogP contribution >= 0.6 is 0 Å². The maximum absolute atomic E-state index is 13.2. The maximum Gasteiger partial charge on any atom is 0.416 e. The zero-order chi connectivity index (χ0) is 23.1. The van der Waals surface area contributed by atoms with Crippen LogP contribution in [0.4, 0.5) is 17.6 Å². The Labute approximate surface area is 180 Å². The van der Waals surface area contributed by atoms with Crippen molar-refractivity contribution in [3.8, 4) is 11.3 Å². The van der Waals surface area contributed by atoms with E-state index in [0.29, 0.717) is 22.5 Å². The molecule has 2 aromatic heterocycles. The van der Waals surface area contributed by atoms with Crippen LogP contribution in [0.2, 0.25) is 0 Å². The number of hydrogen-bond donors (Lipinski definition) is 1. The molecule has 0 fully saturated rings. The molecule has 0 bridgehead atoms. The fourth-order valence-electron chi connectivity index (χ4n) is 3.34. The van der Waals surface area contributed by atoms with Crippen molar-refractivity contribution >= 4 is 11.6 Å². The summed E-state index contributed by atoms with van der Waals surface area (Å²) in [6.45, 7) is 3.56. The van der Waals surface area contributed by atoms with Gasteiger partial charge in [-0.25, -0.2) is 14.4 Å². The van der Waals surface area contributed by atoms with E-state index in [-0.39, 0.29) is 11.5 Å². The average molecular weight is 442 g/mol. The molecule has 0 saturated heterocycles. The Balaban J connectivity index is 1.63. The normalized spacial score (nSPS) is 12.2. The van der Waals surface area contributed by atoms with Crippen LogP contribution in [-0.4, -0.2) is 20.3 Å². The molecule has 0 spiro atoms. The summed E-state index contributed by atoms with van der Waals surface area (Å²) in [5, 5.41) is 2.87. The summed E-state index contributed by atoms with van der Waals surface area (Å²) in [4.78, 5) is 21.2. The fourth-order valence-corrected chi connectivity index (χ4v) is 3.34. The first kappa shape index (κ1) is 21.5. The van der Waals surface area contributed by atoms with Crippen LogP contribution in [0.25, 0.3) is 16.9 Å². The second-order valence-corrected chi connectivity index (χ2v) is 7.81. The SMILES string of the molecule is CC(C)(NC(=O)c1cn2c(-c3ccc(C(F)(F)F)cc3)cnc2cn1)c1ccc(F)cc1. The van der Waals surface area contributed by atoms with Crippen molar-refractivity contribution in [1.82, 2.24) is 19.7 Å². The molecule has 0 aliphatic heterocycles. The Morgan fingerprint density at radius 1 is 0.906 bits per heavy atom. The van der Waals surface area contributed by atoms with Crippen molar-refractivity contribution in [1.29, 1.82) is 0 Å². The first-order valence-corrected chi connectivity index (χ1v) is 9.64. The summed E-state index contributed by atoms with van der Waals surface area (Å²) in [7, 11) is 0. The Hall–Kier alpha value is -3.75. The topological polar surface area (TPSA) is 59.3 Å². The highest BCUT2D eigenvalue weighted by atomic mass is 19.4. The molecular weight excluding hydrogens is 424 g/mol. The van der Waals surface area contributed by atoms with Crippen molar-refractivity contribution in [3.05, 3.63) is 89.8 Å². The Kier molecular flexibility index (Phi) is 5.20. The van der Waals surface area contributed by atoms with Gasteiger partial charge in [0.2, 0.25) is 0 Å². The standard InChI is InChI=1S/C23H18F4N4O/c1-22(2,15-7-9-17(24)10-8-15)30-21(32)18-13-31-19(11-29-20(31)12-28-18)14-3-5-16(6-4-14)23(25,26)27/h3-13H,1-2H3,(H,30,32). The van der Waals surface area contributed by atoms with Crippen LogP contribution < -0.4 is 5.32 Å². The number of carbonyl (C=O) groups is 1. The summed E-state index contributed by atoms with van der Waals surface area (Å²) in [5.74, 6) is -0.841. The minimum Gasteiger partial charge on any atom is -0.342 e. The van der Waals surface area contributed by atoms with Crippen molar-refractivity contribution in [2.75, 3.05) is 0 Å². The second kappa shape index (κ2) is 7.74. The third-order valence-corrected chi connectivity index (χ3v) is 5.13. The lowest BCUT2D eigenvalue weighted by molar-refractivity contribution is -0.137. The highest BCUT2D eigenvalue weighted by Gasteiger charge is 2.30. The number of fused-ring (bicyclic) bond motifs is 1. The van der Waals surface area contributed by atoms with Gasteiger partial charge in [0, 0.05) is 11.8 Å². The Bertz CT molecular complexity index is 1280. The third-order valence-electron chi connectivity index (χ3n) is 5.13. The van der Waals surface area contributed by atoms with E-state index in [9.17, 15) is 22.4 Å². The van der Waals surface area contributed by atoms with Crippen LogP contribution in [0.1, 0.15) is 35.5 Å². The molecular formula is C23H18F4N4O. The molecule has 1 N–H and O–H groups in total. The molecule has 9 heteroatoms. The molecule has 1 amide bonds. The number of alkyl halides is 3. The zero-order valence-electron chi connectivity index (χ0n) is 17.1. The number of carbonyl (C=O) groups excluding carboxylic acids is 1. The van der Waals surface area contributed by atoms with Crippen LogP contribution in [-0.2, 0) is 11.7 Å². The number of imidazole rings is 1. The summed E-state index contributed by atoms with van der Waals surface area (Å²) in [6.07, 6.45) is -0.0347. The predicted molar refractivity (Wildman–Crippen MR) is 110 cm³/mol. The van der Waals surface area contributed by atoms with Gasteiger partial charge >= 0.3 is 6.18 Å². The number of rotatable bonds is 4. The predicted octanol–water partition coefficient (Wildman–Crippen LogP) is 5.22. The Morgan fingerprint density at radius 2 is 1.53 bits per heavy atom. The van der Waals surface area contributed by atoms with Gasteiger partial charge in [-0.15, -0.1) is 0 Å². The van der Waals surface area contributed by atoms with E-state index in [1.54, 1.807) is 30.4 Å². The molecule has 0 atom stereocenters. The van der Waals surface area contributed by atoms with Gasteiger partial charge in [-0.05, 0) is 43.7 Å². The molecule has 32 heavy (non-hydrogen) atoms. The van der Waals surface area contributed by atoms with Gasteiger partial charge in [-0.1, -0.05) is 24.3 Å². The lowest BCUT2D eigenvalue weighted by atomic mass is 9.94. The maximum atomic E-state index is 13.2. The van der Waals surface area contributed by atoms with Gasteiger partial charge in [-0.3, -0.25) is 9.20 Å². The molecule has 0 radical (unpaired) electrons. The van der Waals surface area contributed by atoms with Gasteiger partial charge in [0.25, 0.3) is 5.91 Å². The smallest absolute Gasteiger partial charge is 0.342 e. The molecule has 164 valence electrons. The minimum atomic E-state index is -4.43. The third kappa shape index (κ3) is 4.18. The number of nitrogens with one attached hydrogen (secondary N) is 1. The molecule has 5 nitrogen and oxygen atoms in total. The summed E-state index contributed by atoms with van der Waals surface area (Å²) in [6, 6.07) is 10.5. The number of nitrogens with zero attached hydrogens (tertiary/aromatic N) is 3. The van der Waals surface area contributed by atoms with Crippen LogP contribution in [0.5, 0.6) is 0 Å². The number of benzene rings is 2. The molecule has 4 rings (SSSR count). The quantitative estimate of drug-likeness (QED) is 0.441. The zero-order valence-corrected chi connectivity index (χ0v) is 17.1. The summed E-state index contributed by atoms with van der Waals surface area (Å²) < 4.78 is 53.3. The van der Waals surface area contributed by atoms with Crippen molar-refractivity contribution in [3.63, 3.8) is 0 Å². The molecule has 4 aromatic rings. The number of amides is 1. The molecule has 2 aromatic carbocycles. The lowest BCUT2D eigenvalue weighted by Gasteiger charge is -2.26. The first-order chi connectivity index (χ1) is 15.0. The lowest BCUT2D eigenvalue weighted by Crippen LogP contribution is -2.41. The van der Waals surface area contributed by atoms with Crippen molar-refractivity contribution in [2.24, 2.45) is 0 Å². The highest BCUT2D eigenvalue weighted by molar-refractivity contribution is 5.93. The van der Waals surface area contributed by atoms with Gasteiger partial charge < -0.3 is 5.32 Å². The average Bonchev–Trinajstić information content (AvgIpc) is 3.16. The minimum absolute atomic E-state index is 0.0962. The highest BCUT2D eigenvalue weighted by Crippen LogP contribution is 2.31. The largest absolute Gasteiger partial charge is 0.416 e.